The summed E-state index contributed by atoms with van der Waals surface area (Å²) in [6.45, 7) is 8.49. The number of hydrogen-bond acceptors (Lipinski definition) is 5. The van der Waals surface area contributed by atoms with Crippen molar-refractivity contribution in [3.8, 4) is 0 Å². The Labute approximate surface area is 203 Å². The van der Waals surface area contributed by atoms with E-state index in [0.717, 1.165) is 15.8 Å². The van der Waals surface area contributed by atoms with Crippen LogP contribution in [-0.2, 0) is 5.75 Å². The molecule has 5 nitrogen and oxygen atoms in total. The van der Waals surface area contributed by atoms with Gasteiger partial charge in [0.15, 0.2) is 0 Å². The van der Waals surface area contributed by atoms with Crippen LogP contribution in [0.25, 0.3) is 0 Å². The predicted molar refractivity (Wildman–Crippen MR) is 135 cm³/mol. The van der Waals surface area contributed by atoms with Crippen molar-refractivity contribution < 1.29 is 9.59 Å². The van der Waals surface area contributed by atoms with Gasteiger partial charge in [-0.1, -0.05) is 49.9 Å². The molecule has 172 valence electrons. The molecule has 7 heteroatoms. The van der Waals surface area contributed by atoms with Gasteiger partial charge in [-0.25, -0.2) is 4.98 Å². The molecule has 0 radical (unpaired) electrons. The van der Waals surface area contributed by atoms with Crippen LogP contribution < -0.4 is 0 Å². The summed E-state index contributed by atoms with van der Waals surface area (Å²) < 4.78 is 1.07. The first-order chi connectivity index (χ1) is 15.9. The summed E-state index contributed by atoms with van der Waals surface area (Å²) in [5, 5.41) is 2.06. The summed E-state index contributed by atoms with van der Waals surface area (Å²) in [5.74, 6) is 1.34. The number of piperazine rings is 1. The molecule has 2 heterocycles. The van der Waals surface area contributed by atoms with E-state index < -0.39 is 0 Å². The molecule has 1 aromatic heterocycles. The molecule has 1 aliphatic heterocycles. The number of thiazole rings is 1. The van der Waals surface area contributed by atoms with Crippen molar-refractivity contribution in [3.05, 3.63) is 81.9 Å². The lowest BCUT2D eigenvalue weighted by Gasteiger charge is -2.35. The Morgan fingerprint density at radius 2 is 1.42 bits per heavy atom. The number of benzene rings is 2. The SMILES string of the molecule is Cc1csc(SCc2ccc(C(=O)N3CCN(C(=O)c4ccc(C(C)C)cc4)CC3)cc2)n1. The highest BCUT2D eigenvalue weighted by atomic mass is 32.2. The standard InChI is InChI=1S/C26H29N3O2S2/c1-18(2)21-8-10-23(11-9-21)25(31)29-14-12-28(13-15-29)24(30)22-6-4-20(5-7-22)17-33-26-27-19(3)16-32-26/h4-11,16,18H,12-15,17H2,1-3H3. The van der Waals surface area contributed by atoms with Crippen molar-refractivity contribution in [2.24, 2.45) is 0 Å². The maximum Gasteiger partial charge on any atom is 0.253 e. The summed E-state index contributed by atoms with van der Waals surface area (Å²) in [5.41, 5.74) is 4.85. The topological polar surface area (TPSA) is 53.5 Å². The number of carbonyl (C=O) groups excluding carboxylic acids is 2. The Bertz CT molecular complexity index is 1100. The van der Waals surface area contributed by atoms with Gasteiger partial charge < -0.3 is 9.80 Å². The molecule has 3 aromatic rings. The number of aryl methyl sites for hydroxylation is 1. The second-order valence-corrected chi connectivity index (χ2v) is 10.7. The molecular formula is C26H29N3O2S2. The van der Waals surface area contributed by atoms with E-state index in [1.165, 1.54) is 11.1 Å². The maximum absolute atomic E-state index is 12.9. The summed E-state index contributed by atoms with van der Waals surface area (Å²) in [6, 6.07) is 15.7. The third-order valence-corrected chi connectivity index (χ3v) is 8.05. The average molecular weight is 480 g/mol. The van der Waals surface area contributed by atoms with Crippen LogP contribution in [0.1, 0.15) is 57.3 Å². The van der Waals surface area contributed by atoms with Gasteiger partial charge in [-0.3, -0.25) is 9.59 Å². The minimum atomic E-state index is 0.0261. The molecule has 0 saturated carbocycles. The molecule has 0 bridgehead atoms. The Hall–Kier alpha value is -2.64. The predicted octanol–water partition coefficient (Wildman–Crippen LogP) is 5.47. The van der Waals surface area contributed by atoms with Crippen molar-refractivity contribution in [2.45, 2.75) is 36.8 Å². The number of amides is 2. The van der Waals surface area contributed by atoms with Gasteiger partial charge in [-0.15, -0.1) is 11.3 Å². The van der Waals surface area contributed by atoms with Crippen LogP contribution in [0.15, 0.2) is 58.3 Å². The molecule has 2 aromatic carbocycles. The third-order valence-electron chi connectivity index (χ3n) is 5.84. The lowest BCUT2D eigenvalue weighted by atomic mass is 10.0. The minimum Gasteiger partial charge on any atom is -0.335 e. The smallest absolute Gasteiger partial charge is 0.253 e. The molecule has 1 fully saturated rings. The molecule has 0 spiro atoms. The van der Waals surface area contributed by atoms with Gasteiger partial charge in [0, 0.05) is 54.1 Å². The minimum absolute atomic E-state index is 0.0261. The van der Waals surface area contributed by atoms with E-state index in [1.54, 1.807) is 23.1 Å². The first-order valence-electron chi connectivity index (χ1n) is 11.2. The summed E-state index contributed by atoms with van der Waals surface area (Å²) in [4.78, 5) is 34.0. The van der Waals surface area contributed by atoms with E-state index in [0.29, 0.717) is 43.2 Å². The van der Waals surface area contributed by atoms with Crippen LogP contribution in [0.3, 0.4) is 0 Å². The van der Waals surface area contributed by atoms with Gasteiger partial charge in [-0.2, -0.15) is 0 Å². The normalized spacial score (nSPS) is 14.1. The van der Waals surface area contributed by atoms with E-state index in [2.05, 4.69) is 24.2 Å². The molecule has 1 saturated heterocycles. The van der Waals surface area contributed by atoms with Crippen molar-refractivity contribution in [3.63, 3.8) is 0 Å². The van der Waals surface area contributed by atoms with Crippen LogP contribution in [0, 0.1) is 6.92 Å². The Balaban J connectivity index is 1.29. The van der Waals surface area contributed by atoms with Gasteiger partial charge in [-0.05, 0) is 48.2 Å². The number of carbonyl (C=O) groups is 2. The van der Waals surface area contributed by atoms with Gasteiger partial charge in [0.2, 0.25) is 0 Å². The first kappa shape index (κ1) is 23.5. The fourth-order valence-electron chi connectivity index (χ4n) is 3.78. The number of thioether (sulfide) groups is 1. The van der Waals surface area contributed by atoms with Crippen molar-refractivity contribution in [1.82, 2.24) is 14.8 Å². The molecule has 4 rings (SSSR count). The number of nitrogens with zero attached hydrogens (tertiary/aromatic N) is 3. The molecule has 33 heavy (non-hydrogen) atoms. The Morgan fingerprint density at radius 1 is 0.909 bits per heavy atom. The molecule has 0 unspecified atom stereocenters. The van der Waals surface area contributed by atoms with E-state index in [-0.39, 0.29) is 11.8 Å². The van der Waals surface area contributed by atoms with E-state index in [1.807, 2.05) is 65.3 Å². The maximum atomic E-state index is 12.9. The second kappa shape index (κ2) is 10.5. The molecule has 0 N–H and O–H groups in total. The van der Waals surface area contributed by atoms with E-state index in [9.17, 15) is 9.59 Å². The summed E-state index contributed by atoms with van der Waals surface area (Å²) >= 11 is 3.38. The second-order valence-electron chi connectivity index (χ2n) is 8.60. The van der Waals surface area contributed by atoms with Gasteiger partial charge in [0.05, 0.1) is 0 Å². The van der Waals surface area contributed by atoms with Crippen molar-refractivity contribution in [2.75, 3.05) is 26.2 Å². The zero-order valence-electron chi connectivity index (χ0n) is 19.3. The Kier molecular flexibility index (Phi) is 7.50. The number of hydrogen-bond donors (Lipinski definition) is 0. The highest BCUT2D eigenvalue weighted by Crippen LogP contribution is 2.26. The zero-order chi connectivity index (χ0) is 23.4. The molecular weight excluding hydrogens is 450 g/mol. The first-order valence-corrected chi connectivity index (χ1v) is 13.1. The van der Waals surface area contributed by atoms with Crippen LogP contribution >= 0.6 is 23.1 Å². The molecule has 0 aliphatic carbocycles. The van der Waals surface area contributed by atoms with Crippen molar-refractivity contribution in [1.29, 1.82) is 0 Å². The van der Waals surface area contributed by atoms with Gasteiger partial charge in [0.1, 0.15) is 4.34 Å². The largest absolute Gasteiger partial charge is 0.335 e. The fraction of sp³-hybridized carbons (Fsp3) is 0.346. The number of aromatic nitrogens is 1. The third kappa shape index (κ3) is 5.84. The van der Waals surface area contributed by atoms with Crippen LogP contribution in [0.5, 0.6) is 0 Å². The lowest BCUT2D eigenvalue weighted by Crippen LogP contribution is -2.50. The van der Waals surface area contributed by atoms with E-state index >= 15 is 0 Å². The lowest BCUT2D eigenvalue weighted by molar-refractivity contribution is 0.0535. The quantitative estimate of drug-likeness (QED) is 0.440. The average Bonchev–Trinajstić information content (AvgIpc) is 3.27. The van der Waals surface area contributed by atoms with Crippen LogP contribution in [0.4, 0.5) is 0 Å². The highest BCUT2D eigenvalue weighted by molar-refractivity contribution is 8.00. The van der Waals surface area contributed by atoms with Crippen molar-refractivity contribution >= 4 is 34.9 Å². The fourth-order valence-corrected chi connectivity index (χ4v) is 5.58. The van der Waals surface area contributed by atoms with E-state index in [4.69, 9.17) is 0 Å². The molecule has 0 atom stereocenters. The summed E-state index contributed by atoms with van der Waals surface area (Å²) in [6.07, 6.45) is 0. The van der Waals surface area contributed by atoms with Crippen LogP contribution in [-0.4, -0.2) is 52.8 Å². The highest BCUT2D eigenvalue weighted by Gasteiger charge is 2.25. The number of rotatable bonds is 6. The van der Waals surface area contributed by atoms with Gasteiger partial charge in [0.25, 0.3) is 11.8 Å². The monoisotopic (exact) mass is 479 g/mol. The summed E-state index contributed by atoms with van der Waals surface area (Å²) in [7, 11) is 0. The zero-order valence-corrected chi connectivity index (χ0v) is 20.9. The Morgan fingerprint density at radius 3 is 1.88 bits per heavy atom. The molecule has 1 aliphatic rings. The molecule has 2 amide bonds. The van der Waals surface area contributed by atoms with Crippen LogP contribution in [0.2, 0.25) is 0 Å². The van der Waals surface area contributed by atoms with Gasteiger partial charge >= 0.3 is 0 Å².